The Morgan fingerprint density at radius 3 is 2.80 bits per heavy atom. The first-order chi connectivity index (χ1) is 12.0. The summed E-state index contributed by atoms with van der Waals surface area (Å²) in [5.74, 6) is 1.66. The van der Waals surface area contributed by atoms with Crippen molar-refractivity contribution >= 4 is 11.7 Å². The number of carbonyl (C=O) groups excluding carboxylic acids is 1. The lowest BCUT2D eigenvalue weighted by atomic mass is 10.2. The van der Waals surface area contributed by atoms with Crippen LogP contribution in [0.4, 0.5) is 10.5 Å². The van der Waals surface area contributed by atoms with Gasteiger partial charge in [0, 0.05) is 25.3 Å². The van der Waals surface area contributed by atoms with E-state index in [2.05, 4.69) is 27.3 Å². The lowest BCUT2D eigenvalue weighted by Gasteiger charge is -2.21. The molecule has 1 N–H and O–H groups in total. The zero-order chi connectivity index (χ0) is 17.8. The minimum Gasteiger partial charge on any atom is -0.323 e. The van der Waals surface area contributed by atoms with Crippen LogP contribution in [0.25, 0.3) is 0 Å². The summed E-state index contributed by atoms with van der Waals surface area (Å²) in [5.41, 5.74) is 1.90. The molecule has 0 spiro atoms. The fourth-order valence-corrected chi connectivity index (χ4v) is 3.08. The number of benzene rings is 1. The third kappa shape index (κ3) is 4.57. The maximum atomic E-state index is 12.5. The van der Waals surface area contributed by atoms with Gasteiger partial charge < -0.3 is 15.1 Å². The van der Waals surface area contributed by atoms with Crippen molar-refractivity contribution in [3.05, 3.63) is 41.5 Å². The van der Waals surface area contributed by atoms with E-state index < -0.39 is 0 Å². The number of anilines is 1. The number of urea groups is 1. The molecule has 134 valence electrons. The maximum Gasteiger partial charge on any atom is 0.321 e. The predicted octanol–water partition coefficient (Wildman–Crippen LogP) is 2.11. The summed E-state index contributed by atoms with van der Waals surface area (Å²) < 4.78 is 1.88. The Bertz CT molecular complexity index is 741. The molecule has 1 fully saturated rings. The zero-order valence-electron chi connectivity index (χ0n) is 15.2. The van der Waals surface area contributed by atoms with Gasteiger partial charge in [-0.15, -0.1) is 0 Å². The molecule has 0 unspecified atom stereocenters. The molecular weight excluding hydrogens is 316 g/mol. The van der Waals surface area contributed by atoms with Gasteiger partial charge in [0.2, 0.25) is 0 Å². The smallest absolute Gasteiger partial charge is 0.321 e. The van der Waals surface area contributed by atoms with Gasteiger partial charge in [-0.1, -0.05) is 12.1 Å². The van der Waals surface area contributed by atoms with E-state index in [1.54, 1.807) is 0 Å². The van der Waals surface area contributed by atoms with Crippen molar-refractivity contribution in [2.75, 3.05) is 38.5 Å². The standard InChI is InChI=1S/C18H26N6O/c1-14-19-15(2)24(21-14)13-16-6-4-7-17(12-16)20-18(25)23-9-5-8-22(3)10-11-23/h4,6-7,12H,5,8-11,13H2,1-3H3,(H,20,25). The van der Waals surface area contributed by atoms with Crippen LogP contribution in [0, 0.1) is 13.8 Å². The van der Waals surface area contributed by atoms with Gasteiger partial charge >= 0.3 is 6.03 Å². The number of aryl methyl sites for hydroxylation is 2. The van der Waals surface area contributed by atoms with E-state index in [0.717, 1.165) is 55.5 Å². The van der Waals surface area contributed by atoms with Crippen LogP contribution in [-0.2, 0) is 6.54 Å². The average Bonchev–Trinajstić information content (AvgIpc) is 2.75. The van der Waals surface area contributed by atoms with Gasteiger partial charge in [-0.25, -0.2) is 14.5 Å². The maximum absolute atomic E-state index is 12.5. The molecule has 1 saturated heterocycles. The Morgan fingerprint density at radius 1 is 1.20 bits per heavy atom. The molecule has 3 rings (SSSR count). The molecule has 1 aliphatic heterocycles. The number of rotatable bonds is 3. The third-order valence-corrected chi connectivity index (χ3v) is 4.48. The molecule has 2 amide bonds. The van der Waals surface area contributed by atoms with Crippen molar-refractivity contribution < 1.29 is 4.79 Å². The minimum atomic E-state index is -0.0276. The second-order valence-corrected chi connectivity index (χ2v) is 6.64. The molecule has 2 aromatic rings. The fraction of sp³-hybridized carbons (Fsp3) is 0.500. The van der Waals surface area contributed by atoms with E-state index in [1.165, 1.54) is 0 Å². The molecule has 0 saturated carbocycles. The molecule has 25 heavy (non-hydrogen) atoms. The first kappa shape index (κ1) is 17.4. The Labute approximate surface area is 148 Å². The van der Waals surface area contributed by atoms with E-state index in [0.29, 0.717) is 6.54 Å². The Balaban J connectivity index is 1.65. The molecule has 0 radical (unpaired) electrons. The first-order valence-corrected chi connectivity index (χ1v) is 8.73. The molecule has 2 heterocycles. The van der Waals surface area contributed by atoms with Crippen LogP contribution in [0.3, 0.4) is 0 Å². The van der Waals surface area contributed by atoms with Gasteiger partial charge in [0.25, 0.3) is 0 Å². The highest BCUT2D eigenvalue weighted by molar-refractivity contribution is 5.89. The SMILES string of the molecule is Cc1nc(C)n(Cc2cccc(NC(=O)N3CCCN(C)CC3)c2)n1. The molecular formula is C18H26N6O. The molecule has 1 aliphatic rings. The number of aromatic nitrogens is 3. The van der Waals surface area contributed by atoms with Gasteiger partial charge in [0.15, 0.2) is 0 Å². The number of likely N-dealkylation sites (N-methyl/N-ethyl adjacent to an activating group) is 1. The highest BCUT2D eigenvalue weighted by Crippen LogP contribution is 2.14. The quantitative estimate of drug-likeness (QED) is 0.928. The van der Waals surface area contributed by atoms with E-state index in [4.69, 9.17) is 0 Å². The fourth-order valence-electron chi connectivity index (χ4n) is 3.08. The molecule has 0 atom stereocenters. The van der Waals surface area contributed by atoms with Crippen molar-refractivity contribution in [1.82, 2.24) is 24.6 Å². The summed E-state index contributed by atoms with van der Waals surface area (Å²) in [6, 6.07) is 7.89. The van der Waals surface area contributed by atoms with E-state index in [-0.39, 0.29) is 6.03 Å². The average molecular weight is 342 g/mol. The number of hydrogen-bond acceptors (Lipinski definition) is 4. The number of hydrogen-bond donors (Lipinski definition) is 1. The first-order valence-electron chi connectivity index (χ1n) is 8.73. The van der Waals surface area contributed by atoms with E-state index >= 15 is 0 Å². The topological polar surface area (TPSA) is 66.3 Å². The highest BCUT2D eigenvalue weighted by atomic mass is 16.2. The molecule has 7 heteroatoms. The monoisotopic (exact) mass is 342 g/mol. The Kier molecular flexibility index (Phi) is 5.33. The van der Waals surface area contributed by atoms with Crippen LogP contribution in [-0.4, -0.2) is 63.8 Å². The second-order valence-electron chi connectivity index (χ2n) is 6.64. The molecule has 0 aliphatic carbocycles. The van der Waals surface area contributed by atoms with Crippen LogP contribution in [0.15, 0.2) is 24.3 Å². The third-order valence-electron chi connectivity index (χ3n) is 4.48. The van der Waals surface area contributed by atoms with Crippen molar-refractivity contribution in [3.63, 3.8) is 0 Å². The summed E-state index contributed by atoms with van der Waals surface area (Å²) >= 11 is 0. The number of nitrogens with one attached hydrogen (secondary N) is 1. The number of nitrogens with zero attached hydrogens (tertiary/aromatic N) is 5. The molecule has 7 nitrogen and oxygen atoms in total. The van der Waals surface area contributed by atoms with Crippen LogP contribution in [0.5, 0.6) is 0 Å². The largest absolute Gasteiger partial charge is 0.323 e. The van der Waals surface area contributed by atoms with Crippen molar-refractivity contribution in [3.8, 4) is 0 Å². The van der Waals surface area contributed by atoms with E-state index in [1.807, 2.05) is 47.7 Å². The van der Waals surface area contributed by atoms with Crippen molar-refractivity contribution in [2.24, 2.45) is 0 Å². The van der Waals surface area contributed by atoms with Gasteiger partial charge in [-0.3, -0.25) is 0 Å². The van der Waals surface area contributed by atoms with Crippen LogP contribution < -0.4 is 5.32 Å². The lowest BCUT2D eigenvalue weighted by Crippen LogP contribution is -2.37. The highest BCUT2D eigenvalue weighted by Gasteiger charge is 2.17. The van der Waals surface area contributed by atoms with Gasteiger partial charge in [0.1, 0.15) is 11.6 Å². The van der Waals surface area contributed by atoms with Crippen molar-refractivity contribution in [2.45, 2.75) is 26.8 Å². The Hall–Kier alpha value is -2.41. The Morgan fingerprint density at radius 2 is 2.04 bits per heavy atom. The lowest BCUT2D eigenvalue weighted by molar-refractivity contribution is 0.213. The molecule has 1 aromatic heterocycles. The van der Waals surface area contributed by atoms with Crippen LogP contribution >= 0.6 is 0 Å². The number of carbonyl (C=O) groups is 1. The molecule has 0 bridgehead atoms. The summed E-state index contributed by atoms with van der Waals surface area (Å²) in [5, 5.41) is 7.42. The summed E-state index contributed by atoms with van der Waals surface area (Å²) in [6.45, 7) is 7.99. The second kappa shape index (κ2) is 7.65. The normalized spacial score (nSPS) is 15.9. The summed E-state index contributed by atoms with van der Waals surface area (Å²) in [6.07, 6.45) is 1.01. The van der Waals surface area contributed by atoms with Crippen molar-refractivity contribution in [1.29, 1.82) is 0 Å². The minimum absolute atomic E-state index is 0.0276. The van der Waals surface area contributed by atoms with E-state index in [9.17, 15) is 4.79 Å². The zero-order valence-corrected chi connectivity index (χ0v) is 15.2. The van der Waals surface area contributed by atoms with Crippen LogP contribution in [0.2, 0.25) is 0 Å². The number of amides is 2. The van der Waals surface area contributed by atoms with Gasteiger partial charge in [-0.05, 0) is 51.6 Å². The summed E-state index contributed by atoms with van der Waals surface area (Å²) in [4.78, 5) is 21.0. The van der Waals surface area contributed by atoms with Gasteiger partial charge in [0.05, 0.1) is 6.54 Å². The molecule has 1 aromatic carbocycles. The van der Waals surface area contributed by atoms with Crippen LogP contribution in [0.1, 0.15) is 23.6 Å². The summed E-state index contributed by atoms with van der Waals surface area (Å²) in [7, 11) is 2.10. The van der Waals surface area contributed by atoms with Gasteiger partial charge in [-0.2, -0.15) is 5.10 Å². The predicted molar refractivity (Wildman–Crippen MR) is 97.7 cm³/mol.